The molecule has 1 aliphatic rings. The minimum atomic E-state index is -0.481. The Hall–Kier alpha value is -1.26. The van der Waals surface area contributed by atoms with Crippen LogP contribution in [0.15, 0.2) is 18.2 Å². The van der Waals surface area contributed by atoms with E-state index >= 15 is 0 Å². The molecule has 1 atom stereocenters. The zero-order valence-electron chi connectivity index (χ0n) is 9.52. The van der Waals surface area contributed by atoms with Gasteiger partial charge < -0.3 is 20.5 Å². The number of aliphatic hydroxyl groups excluding tert-OH is 1. The molecule has 0 saturated carbocycles. The van der Waals surface area contributed by atoms with Crippen LogP contribution < -0.4 is 15.4 Å². The molecule has 1 aliphatic heterocycles. The smallest absolute Gasteiger partial charge is 0.142 e. The highest BCUT2D eigenvalue weighted by Gasteiger charge is 2.17. The Balaban J connectivity index is 2.26. The number of nitrogens with two attached hydrogens (primary N) is 1. The molecule has 0 unspecified atom stereocenters. The molecule has 0 radical (unpaired) electrons. The summed E-state index contributed by atoms with van der Waals surface area (Å²) < 4.78 is 5.54. The fourth-order valence-corrected chi connectivity index (χ4v) is 1.90. The largest absolute Gasteiger partial charge is 0.490 e. The fraction of sp³-hybridized carbons (Fsp3) is 0.500. The number of nitrogens with zero attached hydrogens (tertiary/aromatic N) is 1. The summed E-state index contributed by atoms with van der Waals surface area (Å²) in [6.07, 6.45) is 0.106. The summed E-state index contributed by atoms with van der Waals surface area (Å²) in [7, 11) is 2.03. The van der Waals surface area contributed by atoms with Gasteiger partial charge in [-0.15, -0.1) is 0 Å². The third-order valence-electron chi connectivity index (χ3n) is 2.90. The second kappa shape index (κ2) is 4.72. The third kappa shape index (κ3) is 2.13. The number of fused-ring (bicyclic) bond motifs is 1. The van der Waals surface area contributed by atoms with Gasteiger partial charge in [-0.3, -0.25) is 0 Å². The van der Waals surface area contributed by atoms with Gasteiger partial charge in [-0.1, -0.05) is 6.07 Å². The first-order valence-corrected chi connectivity index (χ1v) is 5.58. The Morgan fingerprint density at radius 2 is 2.38 bits per heavy atom. The average molecular weight is 222 g/mol. The van der Waals surface area contributed by atoms with Gasteiger partial charge in [-0.2, -0.15) is 0 Å². The zero-order valence-corrected chi connectivity index (χ0v) is 9.52. The van der Waals surface area contributed by atoms with Crippen LogP contribution in [-0.4, -0.2) is 31.9 Å². The lowest BCUT2D eigenvalue weighted by atomic mass is 10.0. The highest BCUT2D eigenvalue weighted by molar-refractivity contribution is 5.61. The molecule has 88 valence electrons. The number of likely N-dealkylation sites (N-methyl/N-ethyl adjacent to an activating group) is 1. The molecular formula is C12H18N2O2. The van der Waals surface area contributed by atoms with E-state index in [1.165, 1.54) is 0 Å². The number of hydrogen-bond donors (Lipinski definition) is 2. The summed E-state index contributed by atoms with van der Waals surface area (Å²) in [5, 5.41) is 9.87. The van der Waals surface area contributed by atoms with Gasteiger partial charge in [-0.25, -0.2) is 0 Å². The van der Waals surface area contributed by atoms with E-state index in [0.717, 1.165) is 23.5 Å². The predicted molar refractivity (Wildman–Crippen MR) is 63.8 cm³/mol. The number of anilines is 1. The maximum atomic E-state index is 9.87. The summed E-state index contributed by atoms with van der Waals surface area (Å²) in [6, 6.07) is 5.80. The summed E-state index contributed by atoms with van der Waals surface area (Å²) in [5.41, 5.74) is 7.38. The third-order valence-corrected chi connectivity index (χ3v) is 2.90. The van der Waals surface area contributed by atoms with Crippen LogP contribution in [0.5, 0.6) is 5.75 Å². The minimum Gasteiger partial charge on any atom is -0.490 e. The molecular weight excluding hydrogens is 204 g/mol. The highest BCUT2D eigenvalue weighted by atomic mass is 16.5. The SMILES string of the molecule is CN1CCOc2ccc([C@H](O)CCN)cc21. The summed E-state index contributed by atoms with van der Waals surface area (Å²) in [6.45, 7) is 2.09. The number of rotatable bonds is 3. The summed E-state index contributed by atoms with van der Waals surface area (Å²) >= 11 is 0. The lowest BCUT2D eigenvalue weighted by Gasteiger charge is -2.28. The Morgan fingerprint density at radius 1 is 1.56 bits per heavy atom. The van der Waals surface area contributed by atoms with Crippen molar-refractivity contribution in [1.82, 2.24) is 0 Å². The van der Waals surface area contributed by atoms with E-state index in [9.17, 15) is 5.11 Å². The number of aliphatic hydroxyl groups is 1. The van der Waals surface area contributed by atoms with Gasteiger partial charge in [0.25, 0.3) is 0 Å². The first kappa shape index (κ1) is 11.2. The van der Waals surface area contributed by atoms with Crippen molar-refractivity contribution in [3.8, 4) is 5.75 Å². The van der Waals surface area contributed by atoms with Gasteiger partial charge in [0.1, 0.15) is 12.4 Å². The molecule has 4 nitrogen and oxygen atoms in total. The van der Waals surface area contributed by atoms with Crippen molar-refractivity contribution in [3.63, 3.8) is 0 Å². The molecule has 2 rings (SSSR count). The van der Waals surface area contributed by atoms with Crippen LogP contribution in [0.3, 0.4) is 0 Å². The lowest BCUT2D eigenvalue weighted by molar-refractivity contribution is 0.170. The molecule has 3 N–H and O–H groups in total. The quantitative estimate of drug-likeness (QED) is 0.797. The van der Waals surface area contributed by atoms with E-state index in [0.29, 0.717) is 19.6 Å². The molecule has 0 saturated heterocycles. The monoisotopic (exact) mass is 222 g/mol. The van der Waals surface area contributed by atoms with Crippen LogP contribution in [-0.2, 0) is 0 Å². The van der Waals surface area contributed by atoms with Crippen LogP contribution in [0.2, 0.25) is 0 Å². The van der Waals surface area contributed by atoms with Gasteiger partial charge in [0.05, 0.1) is 18.3 Å². The molecule has 0 bridgehead atoms. The summed E-state index contributed by atoms with van der Waals surface area (Å²) in [5.74, 6) is 0.887. The second-order valence-electron chi connectivity index (χ2n) is 4.09. The predicted octanol–water partition coefficient (Wildman–Crippen LogP) is 0.897. The number of ether oxygens (including phenoxy) is 1. The van der Waals surface area contributed by atoms with Crippen molar-refractivity contribution < 1.29 is 9.84 Å². The van der Waals surface area contributed by atoms with Gasteiger partial charge in [0.2, 0.25) is 0 Å². The minimum absolute atomic E-state index is 0.481. The van der Waals surface area contributed by atoms with Crippen LogP contribution in [0.25, 0.3) is 0 Å². The fourth-order valence-electron chi connectivity index (χ4n) is 1.90. The average Bonchev–Trinajstić information content (AvgIpc) is 2.29. The van der Waals surface area contributed by atoms with Crippen molar-refractivity contribution in [3.05, 3.63) is 23.8 Å². The highest BCUT2D eigenvalue weighted by Crippen LogP contribution is 2.33. The van der Waals surface area contributed by atoms with Crippen molar-refractivity contribution >= 4 is 5.69 Å². The van der Waals surface area contributed by atoms with Crippen LogP contribution >= 0.6 is 0 Å². The van der Waals surface area contributed by atoms with Crippen LogP contribution in [0.1, 0.15) is 18.1 Å². The maximum absolute atomic E-state index is 9.87. The standard InChI is InChI=1S/C12H18N2O2/c1-14-6-7-16-12-3-2-9(8-10(12)14)11(15)4-5-13/h2-3,8,11,15H,4-7,13H2,1H3/t11-/m1/s1. The maximum Gasteiger partial charge on any atom is 0.142 e. The molecule has 1 heterocycles. The Kier molecular flexibility index (Phi) is 3.31. The summed E-state index contributed by atoms with van der Waals surface area (Å²) in [4.78, 5) is 2.14. The van der Waals surface area contributed by atoms with E-state index in [-0.39, 0.29) is 0 Å². The second-order valence-corrected chi connectivity index (χ2v) is 4.09. The molecule has 4 heteroatoms. The molecule has 0 amide bonds. The number of hydrogen-bond acceptors (Lipinski definition) is 4. The van der Waals surface area contributed by atoms with E-state index < -0.39 is 6.10 Å². The van der Waals surface area contributed by atoms with Crippen LogP contribution in [0, 0.1) is 0 Å². The van der Waals surface area contributed by atoms with Gasteiger partial charge >= 0.3 is 0 Å². The molecule has 0 fully saturated rings. The van der Waals surface area contributed by atoms with Crippen molar-refractivity contribution in [2.45, 2.75) is 12.5 Å². The zero-order chi connectivity index (χ0) is 11.5. The lowest BCUT2D eigenvalue weighted by Crippen LogP contribution is -2.28. The van der Waals surface area contributed by atoms with Crippen molar-refractivity contribution in [1.29, 1.82) is 0 Å². The van der Waals surface area contributed by atoms with E-state index in [4.69, 9.17) is 10.5 Å². The topological polar surface area (TPSA) is 58.7 Å². The Morgan fingerprint density at radius 3 is 3.12 bits per heavy atom. The number of benzene rings is 1. The first-order valence-electron chi connectivity index (χ1n) is 5.58. The van der Waals surface area contributed by atoms with Crippen molar-refractivity contribution in [2.24, 2.45) is 5.73 Å². The first-order chi connectivity index (χ1) is 7.72. The molecule has 0 aromatic heterocycles. The Labute approximate surface area is 95.6 Å². The normalized spacial score (nSPS) is 16.6. The van der Waals surface area contributed by atoms with Gasteiger partial charge in [-0.05, 0) is 30.7 Å². The Bertz CT molecular complexity index is 368. The van der Waals surface area contributed by atoms with Crippen molar-refractivity contribution in [2.75, 3.05) is 31.6 Å². The van der Waals surface area contributed by atoms with E-state index in [1.54, 1.807) is 0 Å². The van der Waals surface area contributed by atoms with E-state index in [1.807, 2.05) is 25.2 Å². The molecule has 0 aliphatic carbocycles. The van der Waals surface area contributed by atoms with Gasteiger partial charge in [0, 0.05) is 7.05 Å². The molecule has 1 aromatic carbocycles. The molecule has 0 spiro atoms. The molecule has 1 aromatic rings. The molecule has 16 heavy (non-hydrogen) atoms. The van der Waals surface area contributed by atoms with Crippen LogP contribution in [0.4, 0.5) is 5.69 Å². The van der Waals surface area contributed by atoms with E-state index in [2.05, 4.69) is 4.90 Å². The van der Waals surface area contributed by atoms with Gasteiger partial charge in [0.15, 0.2) is 0 Å².